The summed E-state index contributed by atoms with van der Waals surface area (Å²) in [4.78, 5) is 6.33. The molecule has 4 heteroatoms. The van der Waals surface area contributed by atoms with Crippen molar-refractivity contribution in [3.63, 3.8) is 0 Å². The molecule has 0 radical (unpaired) electrons. The van der Waals surface area contributed by atoms with Gasteiger partial charge in [-0.25, -0.2) is 4.98 Å². The van der Waals surface area contributed by atoms with Crippen molar-refractivity contribution in [1.29, 1.82) is 5.26 Å². The van der Waals surface area contributed by atoms with Crippen LogP contribution in [0.25, 0.3) is 0 Å². The SMILES string of the molecule is CC1(C)CN(c2ccnc(C#N)c2)CCS1. The minimum atomic E-state index is 0.286. The summed E-state index contributed by atoms with van der Waals surface area (Å²) in [5, 5.41) is 8.83. The highest BCUT2D eigenvalue weighted by atomic mass is 32.2. The normalized spacial score (nSPS) is 19.2. The maximum absolute atomic E-state index is 8.83. The van der Waals surface area contributed by atoms with Crippen molar-refractivity contribution < 1.29 is 0 Å². The van der Waals surface area contributed by atoms with E-state index in [1.807, 2.05) is 23.9 Å². The summed E-state index contributed by atoms with van der Waals surface area (Å²) in [5.41, 5.74) is 1.61. The zero-order valence-electron chi connectivity index (χ0n) is 9.60. The molecule has 0 aromatic carbocycles. The van der Waals surface area contributed by atoms with E-state index in [1.54, 1.807) is 6.20 Å². The average Bonchev–Trinajstić information content (AvgIpc) is 2.28. The Balaban J connectivity index is 2.21. The number of hydrogen-bond acceptors (Lipinski definition) is 4. The van der Waals surface area contributed by atoms with Gasteiger partial charge in [0.2, 0.25) is 0 Å². The number of hydrogen-bond donors (Lipinski definition) is 0. The Labute approximate surface area is 100 Å². The van der Waals surface area contributed by atoms with Crippen molar-refractivity contribution in [3.05, 3.63) is 24.0 Å². The van der Waals surface area contributed by atoms with E-state index >= 15 is 0 Å². The molecule has 0 atom stereocenters. The van der Waals surface area contributed by atoms with Gasteiger partial charge >= 0.3 is 0 Å². The third-order valence-electron chi connectivity index (χ3n) is 2.65. The van der Waals surface area contributed by atoms with Crippen molar-refractivity contribution in [3.8, 4) is 6.07 Å². The number of rotatable bonds is 1. The summed E-state index contributed by atoms with van der Waals surface area (Å²) in [7, 11) is 0. The van der Waals surface area contributed by atoms with Crippen LogP contribution in [0.1, 0.15) is 19.5 Å². The molecule has 1 saturated heterocycles. The van der Waals surface area contributed by atoms with E-state index in [9.17, 15) is 0 Å². The van der Waals surface area contributed by atoms with Crippen LogP contribution in [0.5, 0.6) is 0 Å². The van der Waals surface area contributed by atoms with Gasteiger partial charge in [0.05, 0.1) is 0 Å². The first kappa shape index (κ1) is 11.3. The molecule has 1 aromatic rings. The molecular formula is C12H15N3S. The minimum Gasteiger partial charge on any atom is -0.369 e. The van der Waals surface area contributed by atoms with Gasteiger partial charge in [-0.2, -0.15) is 17.0 Å². The fourth-order valence-corrected chi connectivity index (χ4v) is 3.03. The molecule has 1 fully saturated rings. The Morgan fingerprint density at radius 3 is 3.06 bits per heavy atom. The van der Waals surface area contributed by atoms with Crippen LogP contribution in [0, 0.1) is 11.3 Å². The van der Waals surface area contributed by atoms with Gasteiger partial charge in [-0.1, -0.05) is 0 Å². The van der Waals surface area contributed by atoms with E-state index in [-0.39, 0.29) is 4.75 Å². The Hall–Kier alpha value is -1.21. The largest absolute Gasteiger partial charge is 0.369 e. The van der Waals surface area contributed by atoms with E-state index in [4.69, 9.17) is 5.26 Å². The van der Waals surface area contributed by atoms with Gasteiger partial charge < -0.3 is 4.90 Å². The Morgan fingerprint density at radius 2 is 2.38 bits per heavy atom. The molecular weight excluding hydrogens is 218 g/mol. The van der Waals surface area contributed by atoms with Crippen LogP contribution in [0.15, 0.2) is 18.3 Å². The van der Waals surface area contributed by atoms with Crippen LogP contribution in [0.4, 0.5) is 5.69 Å². The van der Waals surface area contributed by atoms with Crippen LogP contribution in [-0.2, 0) is 0 Å². The lowest BCUT2D eigenvalue weighted by molar-refractivity contribution is 0.647. The van der Waals surface area contributed by atoms with Crippen molar-refractivity contribution in [2.75, 3.05) is 23.7 Å². The molecule has 2 heterocycles. The number of nitriles is 1. The molecule has 1 aliphatic heterocycles. The van der Waals surface area contributed by atoms with Crippen LogP contribution < -0.4 is 4.90 Å². The monoisotopic (exact) mass is 233 g/mol. The Kier molecular flexibility index (Phi) is 3.06. The third-order valence-corrected chi connectivity index (χ3v) is 3.95. The first-order chi connectivity index (χ1) is 7.61. The molecule has 1 aliphatic rings. The molecule has 2 rings (SSSR count). The van der Waals surface area contributed by atoms with E-state index in [0.717, 1.165) is 24.5 Å². The lowest BCUT2D eigenvalue weighted by atomic mass is 10.1. The number of thioether (sulfide) groups is 1. The van der Waals surface area contributed by atoms with E-state index < -0.39 is 0 Å². The highest BCUT2D eigenvalue weighted by Gasteiger charge is 2.27. The Morgan fingerprint density at radius 1 is 1.56 bits per heavy atom. The molecule has 84 valence electrons. The fraction of sp³-hybridized carbons (Fsp3) is 0.500. The summed E-state index contributed by atoms with van der Waals surface area (Å²) >= 11 is 2.01. The lowest BCUT2D eigenvalue weighted by Crippen LogP contribution is -2.43. The predicted molar refractivity (Wildman–Crippen MR) is 67.7 cm³/mol. The Bertz CT molecular complexity index is 423. The van der Waals surface area contributed by atoms with Gasteiger partial charge in [0, 0.05) is 35.5 Å². The molecule has 1 aromatic heterocycles. The second-order valence-corrected chi connectivity index (χ2v) is 6.34. The van der Waals surface area contributed by atoms with Crippen molar-refractivity contribution >= 4 is 17.4 Å². The summed E-state index contributed by atoms with van der Waals surface area (Å²) in [5.74, 6) is 1.14. The van der Waals surface area contributed by atoms with Gasteiger partial charge in [0.1, 0.15) is 11.8 Å². The summed E-state index contributed by atoms with van der Waals surface area (Å²) in [6.07, 6.45) is 1.71. The third kappa shape index (κ3) is 2.48. The van der Waals surface area contributed by atoms with Gasteiger partial charge in [-0.3, -0.25) is 0 Å². The molecule has 0 amide bonds. The second-order valence-electron chi connectivity index (χ2n) is 4.54. The molecule has 0 unspecified atom stereocenters. The van der Waals surface area contributed by atoms with Crippen molar-refractivity contribution in [2.24, 2.45) is 0 Å². The number of pyridine rings is 1. The van der Waals surface area contributed by atoms with Crippen LogP contribution in [0.2, 0.25) is 0 Å². The zero-order valence-corrected chi connectivity index (χ0v) is 10.4. The van der Waals surface area contributed by atoms with Gasteiger partial charge in [0.15, 0.2) is 0 Å². The van der Waals surface area contributed by atoms with Crippen molar-refractivity contribution in [2.45, 2.75) is 18.6 Å². The predicted octanol–water partition coefficient (Wildman–Crippen LogP) is 2.29. The maximum Gasteiger partial charge on any atom is 0.142 e. The smallest absolute Gasteiger partial charge is 0.142 e. The number of anilines is 1. The molecule has 0 N–H and O–H groups in total. The molecule has 0 bridgehead atoms. The zero-order chi connectivity index (χ0) is 11.6. The first-order valence-corrected chi connectivity index (χ1v) is 6.34. The lowest BCUT2D eigenvalue weighted by Gasteiger charge is -2.38. The fourth-order valence-electron chi connectivity index (χ4n) is 1.91. The van der Waals surface area contributed by atoms with Crippen molar-refractivity contribution in [1.82, 2.24) is 4.98 Å². The highest BCUT2D eigenvalue weighted by molar-refractivity contribution is 8.00. The number of aromatic nitrogens is 1. The van der Waals surface area contributed by atoms with E-state index in [2.05, 4.69) is 29.8 Å². The van der Waals surface area contributed by atoms with Crippen LogP contribution in [0.3, 0.4) is 0 Å². The molecule has 3 nitrogen and oxygen atoms in total. The van der Waals surface area contributed by atoms with Crippen LogP contribution >= 0.6 is 11.8 Å². The van der Waals surface area contributed by atoms with Crippen LogP contribution in [-0.4, -0.2) is 28.6 Å². The number of nitrogens with zero attached hydrogens (tertiary/aromatic N) is 3. The van der Waals surface area contributed by atoms with Gasteiger partial charge in [0.25, 0.3) is 0 Å². The van der Waals surface area contributed by atoms with Gasteiger partial charge in [-0.15, -0.1) is 0 Å². The molecule has 0 spiro atoms. The second kappa shape index (κ2) is 4.34. The molecule has 0 aliphatic carbocycles. The van der Waals surface area contributed by atoms with E-state index in [0.29, 0.717) is 5.69 Å². The molecule has 0 saturated carbocycles. The van der Waals surface area contributed by atoms with E-state index in [1.165, 1.54) is 0 Å². The quantitative estimate of drug-likeness (QED) is 0.746. The highest BCUT2D eigenvalue weighted by Crippen LogP contribution is 2.32. The average molecular weight is 233 g/mol. The van der Waals surface area contributed by atoms with Gasteiger partial charge in [-0.05, 0) is 26.0 Å². The standard InChI is InChI=1S/C12H15N3S/c1-12(2)9-15(5-6-16-12)11-3-4-14-10(7-11)8-13/h3-4,7H,5-6,9H2,1-2H3. The molecule has 16 heavy (non-hydrogen) atoms. The topological polar surface area (TPSA) is 39.9 Å². The summed E-state index contributed by atoms with van der Waals surface area (Å²) in [6, 6.07) is 5.93. The summed E-state index contributed by atoms with van der Waals surface area (Å²) < 4.78 is 0.286. The maximum atomic E-state index is 8.83. The minimum absolute atomic E-state index is 0.286. The first-order valence-electron chi connectivity index (χ1n) is 5.36. The summed E-state index contributed by atoms with van der Waals surface area (Å²) in [6.45, 7) is 6.59.